The van der Waals surface area contributed by atoms with Gasteiger partial charge in [-0.15, -0.1) is 5.10 Å². The van der Waals surface area contributed by atoms with Gasteiger partial charge in [-0.1, -0.05) is 30.7 Å². The smallest absolute Gasteiger partial charge is 0.291 e. The fourth-order valence-corrected chi connectivity index (χ4v) is 2.11. The largest absolute Gasteiger partial charge is 0.395 e. The lowest BCUT2D eigenvalue weighted by Gasteiger charge is -2.06. The van der Waals surface area contributed by atoms with Crippen LogP contribution >= 0.6 is 11.6 Å². The van der Waals surface area contributed by atoms with Crippen LogP contribution in [0.4, 0.5) is 0 Å². The molecule has 0 aliphatic carbocycles. The van der Waals surface area contributed by atoms with Crippen molar-refractivity contribution in [3.63, 3.8) is 0 Å². The summed E-state index contributed by atoms with van der Waals surface area (Å²) >= 11 is 6.18. The Labute approximate surface area is 127 Å². The second-order valence-electron chi connectivity index (χ2n) is 4.44. The number of nitrogens with zero attached hydrogens (tertiary/aromatic N) is 3. The van der Waals surface area contributed by atoms with Crippen molar-refractivity contribution in [3.8, 4) is 5.69 Å². The molecule has 0 radical (unpaired) electrons. The highest BCUT2D eigenvalue weighted by Gasteiger charge is 2.17. The molecule has 0 saturated heterocycles. The van der Waals surface area contributed by atoms with Crippen molar-refractivity contribution in [2.24, 2.45) is 0 Å². The number of halogens is 1. The summed E-state index contributed by atoms with van der Waals surface area (Å²) < 4.78 is 1.60. The van der Waals surface area contributed by atoms with E-state index in [0.717, 1.165) is 6.42 Å². The molecule has 0 bridgehead atoms. The fourth-order valence-electron chi connectivity index (χ4n) is 1.89. The minimum atomic E-state index is -0.410. The van der Waals surface area contributed by atoms with Crippen molar-refractivity contribution in [1.82, 2.24) is 20.1 Å². The number of aliphatic hydroxyl groups excluding tert-OH is 1. The van der Waals surface area contributed by atoms with E-state index < -0.39 is 5.91 Å². The van der Waals surface area contributed by atoms with E-state index in [0.29, 0.717) is 23.0 Å². The summed E-state index contributed by atoms with van der Waals surface area (Å²) in [5.41, 5.74) is 0.691. The predicted octanol–water partition coefficient (Wildman–Crippen LogP) is 1.60. The topological polar surface area (TPSA) is 80.0 Å². The first-order valence-corrected chi connectivity index (χ1v) is 7.15. The van der Waals surface area contributed by atoms with E-state index in [-0.39, 0.29) is 19.0 Å². The Morgan fingerprint density at radius 3 is 2.86 bits per heavy atom. The van der Waals surface area contributed by atoms with Crippen LogP contribution in [0.1, 0.15) is 29.8 Å². The molecule has 6 nitrogen and oxygen atoms in total. The van der Waals surface area contributed by atoms with Crippen molar-refractivity contribution in [2.45, 2.75) is 19.8 Å². The maximum Gasteiger partial charge on any atom is 0.291 e. The van der Waals surface area contributed by atoms with Gasteiger partial charge in [0.05, 0.1) is 17.3 Å². The average molecular weight is 309 g/mol. The third-order valence-electron chi connectivity index (χ3n) is 2.83. The number of hydrogen-bond donors (Lipinski definition) is 2. The lowest BCUT2D eigenvalue weighted by Crippen LogP contribution is -2.27. The van der Waals surface area contributed by atoms with Crippen LogP contribution in [0.2, 0.25) is 5.02 Å². The second-order valence-corrected chi connectivity index (χ2v) is 4.85. The first-order chi connectivity index (χ1) is 10.2. The van der Waals surface area contributed by atoms with E-state index in [4.69, 9.17) is 16.7 Å². The Bertz CT molecular complexity index is 627. The third kappa shape index (κ3) is 3.59. The fraction of sp³-hybridized carbons (Fsp3) is 0.357. The molecule has 0 fully saturated rings. The monoisotopic (exact) mass is 308 g/mol. The number of carbonyl (C=O) groups excluding carboxylic acids is 1. The number of aliphatic hydroxyl groups is 1. The van der Waals surface area contributed by atoms with Gasteiger partial charge < -0.3 is 10.4 Å². The normalized spacial score (nSPS) is 10.6. The number of amides is 1. The van der Waals surface area contributed by atoms with Crippen molar-refractivity contribution < 1.29 is 9.90 Å². The zero-order valence-electron chi connectivity index (χ0n) is 11.7. The summed E-state index contributed by atoms with van der Waals surface area (Å²) in [7, 11) is 0. The quantitative estimate of drug-likeness (QED) is 0.849. The SMILES string of the molecule is CCCc1nc(C(=O)NCCO)nn1-c1ccccc1Cl. The summed E-state index contributed by atoms with van der Waals surface area (Å²) in [6.07, 6.45) is 1.56. The van der Waals surface area contributed by atoms with Crippen LogP contribution in [-0.2, 0) is 6.42 Å². The molecule has 0 atom stereocenters. The van der Waals surface area contributed by atoms with Gasteiger partial charge in [0.25, 0.3) is 5.91 Å². The number of benzene rings is 1. The van der Waals surface area contributed by atoms with E-state index in [1.807, 2.05) is 25.1 Å². The molecule has 0 aliphatic heterocycles. The molecule has 1 aromatic carbocycles. The molecule has 0 saturated carbocycles. The lowest BCUT2D eigenvalue weighted by molar-refractivity contribution is 0.0934. The number of aromatic nitrogens is 3. The first-order valence-electron chi connectivity index (χ1n) is 6.77. The van der Waals surface area contributed by atoms with Crippen LogP contribution in [0.5, 0.6) is 0 Å². The Kier molecular flexibility index (Phi) is 5.30. The Hall–Kier alpha value is -1.92. The number of aryl methyl sites for hydroxylation is 1. The number of hydrogen-bond acceptors (Lipinski definition) is 4. The van der Waals surface area contributed by atoms with Crippen LogP contribution < -0.4 is 5.32 Å². The Morgan fingerprint density at radius 2 is 2.19 bits per heavy atom. The van der Waals surface area contributed by atoms with Crippen molar-refractivity contribution >= 4 is 17.5 Å². The summed E-state index contributed by atoms with van der Waals surface area (Å²) in [5.74, 6) is 0.346. The van der Waals surface area contributed by atoms with Gasteiger partial charge in [-0.25, -0.2) is 9.67 Å². The predicted molar refractivity (Wildman–Crippen MR) is 79.8 cm³/mol. The molecule has 1 amide bonds. The van der Waals surface area contributed by atoms with E-state index in [2.05, 4.69) is 15.4 Å². The molecule has 0 unspecified atom stereocenters. The van der Waals surface area contributed by atoms with Gasteiger partial charge in [-0.3, -0.25) is 4.79 Å². The number of carbonyl (C=O) groups is 1. The van der Waals surface area contributed by atoms with Crippen LogP contribution in [0.15, 0.2) is 24.3 Å². The number of nitrogens with one attached hydrogen (secondary N) is 1. The molecule has 1 heterocycles. The number of rotatable bonds is 6. The van der Waals surface area contributed by atoms with E-state index in [9.17, 15) is 4.79 Å². The minimum Gasteiger partial charge on any atom is -0.395 e. The van der Waals surface area contributed by atoms with E-state index >= 15 is 0 Å². The highest BCUT2D eigenvalue weighted by Crippen LogP contribution is 2.21. The standard InChI is InChI=1S/C14H17ClN4O2/c1-2-5-12-17-13(14(21)16-8-9-20)18-19(12)11-7-4-3-6-10(11)15/h3-4,6-7,20H,2,5,8-9H2,1H3,(H,16,21). The molecule has 0 aliphatic rings. The van der Waals surface area contributed by atoms with E-state index in [1.165, 1.54) is 0 Å². The molecule has 2 rings (SSSR count). The van der Waals surface area contributed by atoms with Gasteiger partial charge in [0.1, 0.15) is 5.82 Å². The highest BCUT2D eigenvalue weighted by atomic mass is 35.5. The molecular formula is C14H17ClN4O2. The van der Waals surface area contributed by atoms with Gasteiger partial charge >= 0.3 is 0 Å². The molecule has 112 valence electrons. The van der Waals surface area contributed by atoms with Gasteiger partial charge in [0.15, 0.2) is 0 Å². The first kappa shape index (κ1) is 15.5. The van der Waals surface area contributed by atoms with Crippen molar-refractivity contribution in [1.29, 1.82) is 0 Å². The van der Waals surface area contributed by atoms with Gasteiger partial charge in [-0.2, -0.15) is 0 Å². The van der Waals surface area contributed by atoms with Crippen LogP contribution in [0.25, 0.3) is 5.69 Å². The van der Waals surface area contributed by atoms with Crippen molar-refractivity contribution in [2.75, 3.05) is 13.2 Å². The lowest BCUT2D eigenvalue weighted by atomic mass is 10.3. The second kappa shape index (κ2) is 7.19. The van der Waals surface area contributed by atoms with Crippen LogP contribution in [0.3, 0.4) is 0 Å². The summed E-state index contributed by atoms with van der Waals surface area (Å²) in [6.45, 7) is 2.07. The van der Waals surface area contributed by atoms with Gasteiger partial charge in [0.2, 0.25) is 5.82 Å². The zero-order valence-corrected chi connectivity index (χ0v) is 12.5. The Balaban J connectivity index is 2.38. The maximum absolute atomic E-state index is 11.9. The maximum atomic E-state index is 11.9. The third-order valence-corrected chi connectivity index (χ3v) is 3.15. The molecule has 2 aromatic rings. The summed E-state index contributed by atoms with van der Waals surface area (Å²) in [4.78, 5) is 16.2. The van der Waals surface area contributed by atoms with Crippen molar-refractivity contribution in [3.05, 3.63) is 40.9 Å². The molecular weight excluding hydrogens is 292 g/mol. The molecule has 2 N–H and O–H groups in total. The Morgan fingerprint density at radius 1 is 1.43 bits per heavy atom. The molecule has 7 heteroatoms. The van der Waals surface area contributed by atoms with Crippen LogP contribution in [0, 0.1) is 0 Å². The summed E-state index contributed by atoms with van der Waals surface area (Å²) in [5, 5.41) is 16.1. The van der Waals surface area contributed by atoms with Gasteiger partial charge in [-0.05, 0) is 18.6 Å². The van der Waals surface area contributed by atoms with E-state index in [1.54, 1.807) is 10.7 Å². The minimum absolute atomic E-state index is 0.0758. The highest BCUT2D eigenvalue weighted by molar-refractivity contribution is 6.32. The molecule has 21 heavy (non-hydrogen) atoms. The van der Waals surface area contributed by atoms with Crippen LogP contribution in [-0.4, -0.2) is 38.9 Å². The average Bonchev–Trinajstić information content (AvgIpc) is 2.89. The summed E-state index contributed by atoms with van der Waals surface area (Å²) in [6, 6.07) is 7.27. The number of para-hydroxylation sites is 1. The zero-order chi connectivity index (χ0) is 15.2. The molecule has 0 spiro atoms. The molecule has 1 aromatic heterocycles. The van der Waals surface area contributed by atoms with Gasteiger partial charge in [0, 0.05) is 13.0 Å².